The van der Waals surface area contributed by atoms with E-state index in [1.165, 1.54) is 0 Å². The van der Waals surface area contributed by atoms with E-state index in [9.17, 15) is 4.79 Å². The molecule has 1 aromatic carbocycles. The third-order valence-electron chi connectivity index (χ3n) is 2.09. The first-order chi connectivity index (χ1) is 7.58. The molecular weight excluding hydrogens is 270 g/mol. The summed E-state index contributed by atoms with van der Waals surface area (Å²) >= 11 is 3.36. The number of hydrogen-bond acceptors (Lipinski definition) is 3. The van der Waals surface area contributed by atoms with E-state index in [1.54, 1.807) is 13.0 Å². The van der Waals surface area contributed by atoms with Crippen LogP contribution in [-0.2, 0) is 16.0 Å². The summed E-state index contributed by atoms with van der Waals surface area (Å²) in [7, 11) is 0. The van der Waals surface area contributed by atoms with Crippen molar-refractivity contribution in [2.24, 2.45) is 0 Å². The zero-order valence-electron chi connectivity index (χ0n) is 9.21. The lowest BCUT2D eigenvalue weighted by molar-refractivity contribution is -0.142. The number of esters is 1. The SMILES string of the molecule is CCOC(=O)Cc1c(Br)cc(C)cc1C#N. The molecule has 0 aromatic heterocycles. The van der Waals surface area contributed by atoms with Gasteiger partial charge in [0.2, 0.25) is 0 Å². The molecular formula is C12H12BrNO2. The third kappa shape index (κ3) is 3.07. The van der Waals surface area contributed by atoms with Gasteiger partial charge in [0, 0.05) is 4.47 Å². The van der Waals surface area contributed by atoms with Crippen molar-refractivity contribution in [2.45, 2.75) is 20.3 Å². The maximum atomic E-state index is 11.4. The summed E-state index contributed by atoms with van der Waals surface area (Å²) < 4.78 is 5.64. The van der Waals surface area contributed by atoms with Crippen LogP contribution >= 0.6 is 15.9 Å². The molecule has 0 N–H and O–H groups in total. The summed E-state index contributed by atoms with van der Waals surface area (Å²) in [5.41, 5.74) is 2.18. The minimum atomic E-state index is -0.316. The summed E-state index contributed by atoms with van der Waals surface area (Å²) in [5, 5.41) is 8.99. The first kappa shape index (κ1) is 12.7. The van der Waals surface area contributed by atoms with Gasteiger partial charge in [-0.3, -0.25) is 4.79 Å². The zero-order valence-corrected chi connectivity index (χ0v) is 10.8. The van der Waals surface area contributed by atoms with Crippen molar-refractivity contribution >= 4 is 21.9 Å². The Hall–Kier alpha value is -1.34. The van der Waals surface area contributed by atoms with Crippen molar-refractivity contribution in [2.75, 3.05) is 6.61 Å². The highest BCUT2D eigenvalue weighted by Crippen LogP contribution is 2.23. The molecule has 0 saturated heterocycles. The summed E-state index contributed by atoms with van der Waals surface area (Å²) in [6.45, 7) is 4.01. The van der Waals surface area contributed by atoms with Gasteiger partial charge in [-0.05, 0) is 37.1 Å². The summed E-state index contributed by atoms with van der Waals surface area (Å²) in [6, 6.07) is 5.73. The monoisotopic (exact) mass is 281 g/mol. The molecule has 0 atom stereocenters. The molecule has 0 saturated carbocycles. The molecule has 0 unspecified atom stereocenters. The smallest absolute Gasteiger partial charge is 0.310 e. The van der Waals surface area contributed by atoms with Gasteiger partial charge in [-0.2, -0.15) is 5.26 Å². The highest BCUT2D eigenvalue weighted by atomic mass is 79.9. The second-order valence-corrected chi connectivity index (χ2v) is 4.22. The Kier molecular flexibility index (Phi) is 4.51. The first-order valence-corrected chi connectivity index (χ1v) is 5.72. The van der Waals surface area contributed by atoms with Gasteiger partial charge in [0.25, 0.3) is 0 Å². The summed E-state index contributed by atoms with van der Waals surface area (Å²) in [5.74, 6) is -0.316. The minimum Gasteiger partial charge on any atom is -0.466 e. The molecule has 0 amide bonds. The van der Waals surface area contributed by atoms with E-state index in [4.69, 9.17) is 10.00 Å². The maximum absolute atomic E-state index is 11.4. The number of benzene rings is 1. The number of carbonyl (C=O) groups is 1. The fourth-order valence-electron chi connectivity index (χ4n) is 1.41. The number of carbonyl (C=O) groups excluding carboxylic acids is 1. The zero-order chi connectivity index (χ0) is 12.1. The van der Waals surface area contributed by atoms with Gasteiger partial charge in [0.05, 0.1) is 24.7 Å². The number of ether oxygens (including phenoxy) is 1. The van der Waals surface area contributed by atoms with Gasteiger partial charge in [-0.15, -0.1) is 0 Å². The second-order valence-electron chi connectivity index (χ2n) is 3.37. The van der Waals surface area contributed by atoms with Crippen molar-refractivity contribution in [3.05, 3.63) is 33.3 Å². The van der Waals surface area contributed by atoms with Crippen LogP contribution in [-0.4, -0.2) is 12.6 Å². The van der Waals surface area contributed by atoms with Crippen molar-refractivity contribution in [1.82, 2.24) is 0 Å². The van der Waals surface area contributed by atoms with Crippen LogP contribution in [0.25, 0.3) is 0 Å². The predicted octanol–water partition coefficient (Wildman–Crippen LogP) is 2.73. The average molecular weight is 282 g/mol. The Morgan fingerprint density at radius 2 is 2.25 bits per heavy atom. The lowest BCUT2D eigenvalue weighted by atomic mass is 10.0. The van der Waals surface area contributed by atoms with Crippen LogP contribution in [0.4, 0.5) is 0 Å². The molecule has 0 fully saturated rings. The van der Waals surface area contributed by atoms with Crippen molar-refractivity contribution in [3.63, 3.8) is 0 Å². The largest absolute Gasteiger partial charge is 0.466 e. The van der Waals surface area contributed by atoms with Crippen LogP contribution in [0, 0.1) is 18.3 Å². The maximum Gasteiger partial charge on any atom is 0.310 e. The predicted molar refractivity (Wildman–Crippen MR) is 63.9 cm³/mol. The van der Waals surface area contributed by atoms with Crippen molar-refractivity contribution < 1.29 is 9.53 Å². The van der Waals surface area contributed by atoms with Gasteiger partial charge in [0.15, 0.2) is 0 Å². The Morgan fingerprint density at radius 3 is 2.81 bits per heavy atom. The Balaban J connectivity index is 3.04. The number of rotatable bonds is 3. The Morgan fingerprint density at radius 1 is 1.56 bits per heavy atom. The standard InChI is InChI=1S/C12H12BrNO2/c1-3-16-12(15)6-10-9(7-14)4-8(2)5-11(10)13/h4-5H,3,6H2,1-2H3. The molecule has 16 heavy (non-hydrogen) atoms. The summed E-state index contributed by atoms with van der Waals surface area (Å²) in [6.07, 6.45) is 0.123. The van der Waals surface area contributed by atoms with Gasteiger partial charge >= 0.3 is 5.97 Å². The third-order valence-corrected chi connectivity index (χ3v) is 2.79. The lowest BCUT2D eigenvalue weighted by Gasteiger charge is -2.07. The molecule has 0 radical (unpaired) electrons. The molecule has 0 bridgehead atoms. The molecule has 1 rings (SSSR count). The number of aryl methyl sites for hydroxylation is 1. The highest BCUT2D eigenvalue weighted by Gasteiger charge is 2.12. The molecule has 4 heteroatoms. The Bertz CT molecular complexity index is 449. The van der Waals surface area contributed by atoms with E-state index >= 15 is 0 Å². The molecule has 1 aromatic rings. The normalized spacial score (nSPS) is 9.62. The number of nitrogens with zero attached hydrogens (tertiary/aromatic N) is 1. The number of hydrogen-bond donors (Lipinski definition) is 0. The number of halogens is 1. The molecule has 3 nitrogen and oxygen atoms in total. The van der Waals surface area contributed by atoms with Crippen LogP contribution in [0.3, 0.4) is 0 Å². The van der Waals surface area contributed by atoms with E-state index < -0.39 is 0 Å². The van der Waals surface area contributed by atoms with Gasteiger partial charge in [-0.1, -0.05) is 15.9 Å². The van der Waals surface area contributed by atoms with Crippen molar-refractivity contribution in [1.29, 1.82) is 5.26 Å². The number of nitriles is 1. The van der Waals surface area contributed by atoms with E-state index in [2.05, 4.69) is 22.0 Å². The van der Waals surface area contributed by atoms with Crippen LogP contribution in [0.15, 0.2) is 16.6 Å². The second kappa shape index (κ2) is 5.66. The molecule has 84 valence electrons. The quantitative estimate of drug-likeness (QED) is 0.801. The Labute approximate surface area is 103 Å². The van der Waals surface area contributed by atoms with Crippen LogP contribution in [0.5, 0.6) is 0 Å². The highest BCUT2D eigenvalue weighted by molar-refractivity contribution is 9.10. The lowest BCUT2D eigenvalue weighted by Crippen LogP contribution is -2.09. The molecule has 0 aliphatic rings. The fraction of sp³-hybridized carbons (Fsp3) is 0.333. The van der Waals surface area contributed by atoms with E-state index in [0.717, 1.165) is 10.0 Å². The van der Waals surface area contributed by atoms with Gasteiger partial charge < -0.3 is 4.74 Å². The summed E-state index contributed by atoms with van der Waals surface area (Å²) in [4.78, 5) is 11.4. The molecule has 0 heterocycles. The first-order valence-electron chi connectivity index (χ1n) is 4.93. The van der Waals surface area contributed by atoms with Crippen molar-refractivity contribution in [3.8, 4) is 6.07 Å². The molecule has 0 spiro atoms. The average Bonchev–Trinajstić information content (AvgIpc) is 2.22. The molecule has 0 aliphatic heterocycles. The van der Waals surface area contributed by atoms with E-state index in [0.29, 0.717) is 17.7 Å². The molecule has 0 aliphatic carbocycles. The van der Waals surface area contributed by atoms with E-state index in [1.807, 2.05) is 13.0 Å². The van der Waals surface area contributed by atoms with Gasteiger partial charge in [0.1, 0.15) is 0 Å². The fourth-order valence-corrected chi connectivity index (χ4v) is 2.12. The van der Waals surface area contributed by atoms with Crippen LogP contribution in [0.2, 0.25) is 0 Å². The minimum absolute atomic E-state index is 0.123. The van der Waals surface area contributed by atoms with Crippen LogP contribution in [0.1, 0.15) is 23.6 Å². The topological polar surface area (TPSA) is 50.1 Å². The van der Waals surface area contributed by atoms with Gasteiger partial charge in [-0.25, -0.2) is 0 Å². The van der Waals surface area contributed by atoms with E-state index in [-0.39, 0.29) is 12.4 Å². The van der Waals surface area contributed by atoms with Crippen LogP contribution < -0.4 is 0 Å².